The number of ether oxygens (including phenoxy) is 1. The molecule has 1 saturated heterocycles. The zero-order valence-electron chi connectivity index (χ0n) is 12.3. The number of likely N-dealkylation sites (N-methyl/N-ethyl adjacent to an activating group) is 1. The van der Waals surface area contributed by atoms with Crippen molar-refractivity contribution in [3.05, 3.63) is 48.0 Å². The predicted octanol–water partition coefficient (Wildman–Crippen LogP) is 2.60. The molecule has 22 heavy (non-hydrogen) atoms. The molecule has 0 N–H and O–H groups in total. The van der Waals surface area contributed by atoms with Crippen LogP contribution in [0.4, 0.5) is 4.39 Å². The molecule has 5 nitrogen and oxygen atoms in total. The van der Waals surface area contributed by atoms with Crippen molar-refractivity contribution in [1.29, 1.82) is 0 Å². The number of carbonyl (C=O) groups is 1. The third kappa shape index (κ3) is 3.28. The molecule has 0 unspecified atom stereocenters. The van der Waals surface area contributed by atoms with Crippen LogP contribution in [0.15, 0.2) is 40.8 Å². The normalized spacial score (nSPS) is 15.8. The summed E-state index contributed by atoms with van der Waals surface area (Å²) >= 11 is 0. The van der Waals surface area contributed by atoms with Crippen LogP contribution >= 0.6 is 0 Å². The third-order valence-electron chi connectivity index (χ3n) is 3.60. The lowest BCUT2D eigenvalue weighted by Gasteiger charge is -2.31. The zero-order chi connectivity index (χ0) is 15.5. The number of hydrogen-bond donors (Lipinski definition) is 0. The lowest BCUT2D eigenvalue weighted by Crippen LogP contribution is -2.47. The Kier molecular flexibility index (Phi) is 4.11. The first-order valence-electron chi connectivity index (χ1n) is 7.13. The van der Waals surface area contributed by atoms with Gasteiger partial charge in [-0.1, -0.05) is 6.07 Å². The number of furan rings is 1. The zero-order valence-corrected chi connectivity index (χ0v) is 12.3. The van der Waals surface area contributed by atoms with E-state index in [0.29, 0.717) is 18.8 Å². The Morgan fingerprint density at radius 2 is 1.95 bits per heavy atom. The van der Waals surface area contributed by atoms with E-state index in [0.717, 1.165) is 13.1 Å². The van der Waals surface area contributed by atoms with Crippen molar-refractivity contribution in [3.8, 4) is 11.7 Å². The molecule has 1 amide bonds. The van der Waals surface area contributed by atoms with Crippen LogP contribution in [0.3, 0.4) is 0 Å². The molecule has 1 aliphatic rings. The van der Waals surface area contributed by atoms with Crippen LogP contribution in [0, 0.1) is 5.82 Å². The predicted molar refractivity (Wildman–Crippen MR) is 78.6 cm³/mol. The summed E-state index contributed by atoms with van der Waals surface area (Å²) in [6.07, 6.45) is 0. The molecule has 3 rings (SSSR count). The van der Waals surface area contributed by atoms with Crippen LogP contribution in [-0.4, -0.2) is 48.9 Å². The summed E-state index contributed by atoms with van der Waals surface area (Å²) in [5.74, 6) is 0.187. The fourth-order valence-electron chi connectivity index (χ4n) is 2.30. The smallest absolute Gasteiger partial charge is 0.290 e. The van der Waals surface area contributed by atoms with Crippen molar-refractivity contribution in [2.75, 3.05) is 33.2 Å². The Labute approximate surface area is 127 Å². The van der Waals surface area contributed by atoms with Gasteiger partial charge in [0.2, 0.25) is 0 Å². The molecule has 1 aromatic carbocycles. The van der Waals surface area contributed by atoms with Gasteiger partial charge in [0.25, 0.3) is 11.9 Å². The Morgan fingerprint density at radius 1 is 1.18 bits per heavy atom. The Hall–Kier alpha value is -2.34. The minimum Gasteiger partial charge on any atom is -0.426 e. The summed E-state index contributed by atoms with van der Waals surface area (Å²) in [6, 6.07) is 8.89. The van der Waals surface area contributed by atoms with E-state index in [1.54, 1.807) is 29.2 Å². The molecule has 0 spiro atoms. The van der Waals surface area contributed by atoms with Crippen LogP contribution in [-0.2, 0) is 0 Å². The standard InChI is InChI=1S/C16H17FN2O3/c1-18-7-9-19(10-8-18)16(20)14-5-6-15(22-14)21-13-4-2-3-12(17)11-13/h2-6,11H,7-10H2,1H3. The van der Waals surface area contributed by atoms with Crippen molar-refractivity contribution < 1.29 is 18.3 Å². The summed E-state index contributed by atoms with van der Waals surface area (Å²) < 4.78 is 23.9. The van der Waals surface area contributed by atoms with Gasteiger partial charge < -0.3 is 19.0 Å². The minimum atomic E-state index is -0.391. The van der Waals surface area contributed by atoms with E-state index in [4.69, 9.17) is 9.15 Å². The number of piperazine rings is 1. The average molecular weight is 304 g/mol. The van der Waals surface area contributed by atoms with E-state index in [1.807, 2.05) is 7.05 Å². The van der Waals surface area contributed by atoms with Gasteiger partial charge in [-0.05, 0) is 25.2 Å². The molecule has 0 saturated carbocycles. The maximum absolute atomic E-state index is 13.1. The first-order chi connectivity index (χ1) is 10.6. The summed E-state index contributed by atoms with van der Waals surface area (Å²) in [5.41, 5.74) is 0. The molecule has 0 radical (unpaired) electrons. The van der Waals surface area contributed by atoms with Gasteiger partial charge in [-0.2, -0.15) is 0 Å². The lowest BCUT2D eigenvalue weighted by molar-refractivity contribution is 0.0628. The number of amides is 1. The first-order valence-corrected chi connectivity index (χ1v) is 7.13. The van der Waals surface area contributed by atoms with E-state index in [-0.39, 0.29) is 17.6 Å². The van der Waals surface area contributed by atoms with Crippen molar-refractivity contribution in [2.45, 2.75) is 0 Å². The molecule has 0 bridgehead atoms. The van der Waals surface area contributed by atoms with Crippen molar-refractivity contribution in [1.82, 2.24) is 9.80 Å². The molecule has 2 aromatic rings. The molecule has 1 fully saturated rings. The maximum atomic E-state index is 13.1. The fourth-order valence-corrected chi connectivity index (χ4v) is 2.30. The minimum absolute atomic E-state index is 0.151. The number of carbonyl (C=O) groups excluding carboxylic acids is 1. The SMILES string of the molecule is CN1CCN(C(=O)c2ccc(Oc3cccc(F)c3)o2)CC1. The molecule has 0 atom stereocenters. The van der Waals surface area contributed by atoms with Gasteiger partial charge >= 0.3 is 0 Å². The number of halogens is 1. The Morgan fingerprint density at radius 3 is 2.68 bits per heavy atom. The van der Waals surface area contributed by atoms with Crippen molar-refractivity contribution >= 4 is 5.91 Å². The molecule has 1 aromatic heterocycles. The van der Waals surface area contributed by atoms with E-state index in [1.165, 1.54) is 12.1 Å². The Balaban J connectivity index is 1.67. The number of nitrogens with zero attached hydrogens (tertiary/aromatic N) is 2. The van der Waals surface area contributed by atoms with Crippen LogP contribution in [0.25, 0.3) is 0 Å². The summed E-state index contributed by atoms with van der Waals surface area (Å²) in [5, 5.41) is 0. The van der Waals surface area contributed by atoms with Crippen LogP contribution in [0.5, 0.6) is 11.7 Å². The molecular weight excluding hydrogens is 287 g/mol. The number of benzene rings is 1. The molecule has 6 heteroatoms. The van der Waals surface area contributed by atoms with Gasteiger partial charge in [-0.15, -0.1) is 0 Å². The third-order valence-corrected chi connectivity index (χ3v) is 3.60. The van der Waals surface area contributed by atoms with Crippen LogP contribution in [0.1, 0.15) is 10.6 Å². The average Bonchev–Trinajstić information content (AvgIpc) is 2.96. The highest BCUT2D eigenvalue weighted by Gasteiger charge is 2.23. The number of hydrogen-bond acceptors (Lipinski definition) is 4. The highest BCUT2D eigenvalue weighted by molar-refractivity contribution is 5.91. The fraction of sp³-hybridized carbons (Fsp3) is 0.312. The van der Waals surface area contributed by atoms with Gasteiger partial charge in [0, 0.05) is 38.3 Å². The first kappa shape index (κ1) is 14.6. The monoisotopic (exact) mass is 304 g/mol. The van der Waals surface area contributed by atoms with E-state index >= 15 is 0 Å². The molecule has 1 aliphatic heterocycles. The van der Waals surface area contributed by atoms with Gasteiger partial charge in [-0.25, -0.2) is 4.39 Å². The molecular formula is C16H17FN2O3. The van der Waals surface area contributed by atoms with Gasteiger partial charge in [-0.3, -0.25) is 4.79 Å². The second-order valence-corrected chi connectivity index (χ2v) is 5.27. The molecule has 2 heterocycles. The van der Waals surface area contributed by atoms with Crippen LogP contribution in [0.2, 0.25) is 0 Å². The van der Waals surface area contributed by atoms with Crippen molar-refractivity contribution in [2.24, 2.45) is 0 Å². The van der Waals surface area contributed by atoms with Gasteiger partial charge in [0.05, 0.1) is 0 Å². The van der Waals surface area contributed by atoms with Crippen LogP contribution < -0.4 is 4.74 Å². The molecule has 116 valence electrons. The quantitative estimate of drug-likeness (QED) is 0.874. The van der Waals surface area contributed by atoms with Gasteiger partial charge in [0.15, 0.2) is 5.76 Å². The summed E-state index contributed by atoms with van der Waals surface area (Å²) in [7, 11) is 2.03. The van der Waals surface area contributed by atoms with E-state index in [2.05, 4.69) is 4.90 Å². The number of rotatable bonds is 3. The van der Waals surface area contributed by atoms with Gasteiger partial charge in [0.1, 0.15) is 11.6 Å². The molecule has 0 aliphatic carbocycles. The lowest BCUT2D eigenvalue weighted by atomic mass is 10.3. The Bertz CT molecular complexity index is 663. The topological polar surface area (TPSA) is 45.9 Å². The summed E-state index contributed by atoms with van der Waals surface area (Å²) in [4.78, 5) is 16.3. The van der Waals surface area contributed by atoms with E-state index < -0.39 is 5.82 Å². The second-order valence-electron chi connectivity index (χ2n) is 5.27. The second kappa shape index (κ2) is 6.19. The van der Waals surface area contributed by atoms with E-state index in [9.17, 15) is 9.18 Å². The maximum Gasteiger partial charge on any atom is 0.290 e. The van der Waals surface area contributed by atoms with Crippen molar-refractivity contribution in [3.63, 3.8) is 0 Å². The highest BCUT2D eigenvalue weighted by atomic mass is 19.1. The largest absolute Gasteiger partial charge is 0.426 e. The highest BCUT2D eigenvalue weighted by Crippen LogP contribution is 2.25. The summed E-state index contributed by atoms with van der Waals surface area (Å²) in [6.45, 7) is 3.05.